The minimum atomic E-state index is -0.416. The van der Waals surface area contributed by atoms with Gasteiger partial charge in [0.25, 0.3) is 0 Å². The maximum Gasteiger partial charge on any atom is 0.0772 e. The van der Waals surface area contributed by atoms with E-state index in [1.54, 1.807) is 6.92 Å². The Morgan fingerprint density at radius 3 is 2.28 bits per heavy atom. The molecule has 18 heavy (non-hydrogen) atoms. The van der Waals surface area contributed by atoms with Crippen LogP contribution in [0.3, 0.4) is 0 Å². The number of benzene rings is 1. The molecule has 1 fully saturated rings. The van der Waals surface area contributed by atoms with E-state index in [4.69, 9.17) is 0 Å². The van der Waals surface area contributed by atoms with Gasteiger partial charge >= 0.3 is 0 Å². The number of rotatable bonds is 2. The average molecular weight is 312 g/mol. The van der Waals surface area contributed by atoms with Crippen molar-refractivity contribution in [1.82, 2.24) is 0 Å². The van der Waals surface area contributed by atoms with Crippen molar-refractivity contribution in [2.75, 3.05) is 18.0 Å². The second kappa shape index (κ2) is 6.58. The van der Waals surface area contributed by atoms with Crippen LogP contribution in [-0.2, 0) is 0 Å². The number of anilines is 1. The van der Waals surface area contributed by atoms with Crippen molar-refractivity contribution in [3.05, 3.63) is 28.2 Å². The molecule has 2 nitrogen and oxygen atoms in total. The van der Waals surface area contributed by atoms with Crippen molar-refractivity contribution in [1.29, 1.82) is 0 Å². The van der Waals surface area contributed by atoms with Crippen molar-refractivity contribution in [2.24, 2.45) is 0 Å². The Hall–Kier alpha value is -0.540. The molecule has 0 saturated carbocycles. The van der Waals surface area contributed by atoms with Crippen LogP contribution >= 0.6 is 15.9 Å². The van der Waals surface area contributed by atoms with E-state index < -0.39 is 6.10 Å². The van der Waals surface area contributed by atoms with Crippen LogP contribution in [0.25, 0.3) is 0 Å². The lowest BCUT2D eigenvalue weighted by Gasteiger charge is -2.27. The zero-order valence-corrected chi connectivity index (χ0v) is 12.6. The predicted octanol–water partition coefficient (Wildman–Crippen LogP) is 4.27. The van der Waals surface area contributed by atoms with Gasteiger partial charge in [-0.25, -0.2) is 0 Å². The quantitative estimate of drug-likeness (QED) is 0.881. The van der Waals surface area contributed by atoms with Gasteiger partial charge in [-0.15, -0.1) is 0 Å². The summed E-state index contributed by atoms with van der Waals surface area (Å²) in [6.45, 7) is 4.11. The average Bonchev–Trinajstić information content (AvgIpc) is 2.27. The summed E-state index contributed by atoms with van der Waals surface area (Å²) in [6.07, 6.45) is 6.25. The van der Waals surface area contributed by atoms with E-state index in [-0.39, 0.29) is 0 Å². The molecule has 1 aliphatic heterocycles. The summed E-state index contributed by atoms with van der Waals surface area (Å²) in [5.74, 6) is 0. The third-order valence-corrected chi connectivity index (χ3v) is 4.34. The second-order valence-electron chi connectivity index (χ2n) is 5.14. The van der Waals surface area contributed by atoms with Crippen LogP contribution < -0.4 is 4.90 Å². The van der Waals surface area contributed by atoms with Gasteiger partial charge in [0.2, 0.25) is 0 Å². The molecule has 1 aromatic rings. The fraction of sp³-hybridized carbons (Fsp3) is 0.600. The number of halogens is 1. The van der Waals surface area contributed by atoms with Crippen molar-refractivity contribution in [3.8, 4) is 0 Å². The molecule has 0 aromatic heterocycles. The first kappa shape index (κ1) is 13.9. The molecule has 1 N–H and O–H groups in total. The van der Waals surface area contributed by atoms with Crippen LogP contribution in [0.1, 0.15) is 50.7 Å². The summed E-state index contributed by atoms with van der Waals surface area (Å²) in [6, 6.07) is 6.31. The van der Waals surface area contributed by atoms with Crippen molar-refractivity contribution >= 4 is 21.6 Å². The standard InChI is InChI=1S/C15H22BrNO/c1-12(18)14-8-7-13(11-15(14)16)17-9-5-3-2-4-6-10-17/h7-8,11-12,18H,2-6,9-10H2,1H3/t12-/m0/s1. The summed E-state index contributed by atoms with van der Waals surface area (Å²) < 4.78 is 1.01. The Bertz CT molecular complexity index is 384. The summed E-state index contributed by atoms with van der Waals surface area (Å²) in [4.78, 5) is 2.47. The number of nitrogens with zero attached hydrogens (tertiary/aromatic N) is 1. The van der Waals surface area contributed by atoms with E-state index in [2.05, 4.69) is 33.0 Å². The first-order valence-corrected chi connectivity index (χ1v) is 7.70. The predicted molar refractivity (Wildman–Crippen MR) is 80.1 cm³/mol. The lowest BCUT2D eigenvalue weighted by atomic mass is 10.1. The molecule has 1 saturated heterocycles. The molecule has 1 atom stereocenters. The number of aliphatic hydroxyl groups is 1. The van der Waals surface area contributed by atoms with Crippen LogP contribution in [0.5, 0.6) is 0 Å². The van der Waals surface area contributed by atoms with Crippen molar-refractivity contribution in [3.63, 3.8) is 0 Å². The summed E-state index contributed by atoms with van der Waals surface area (Å²) >= 11 is 3.56. The molecule has 1 aromatic carbocycles. The summed E-state index contributed by atoms with van der Waals surface area (Å²) in [5, 5.41) is 9.64. The second-order valence-corrected chi connectivity index (χ2v) is 5.99. The Labute approximate surface area is 118 Å². The van der Waals surface area contributed by atoms with Crippen molar-refractivity contribution < 1.29 is 5.11 Å². The van der Waals surface area contributed by atoms with Crippen LogP contribution in [0, 0.1) is 0 Å². The monoisotopic (exact) mass is 311 g/mol. The molecule has 2 rings (SSSR count). The van der Waals surface area contributed by atoms with Gasteiger partial charge in [-0.1, -0.05) is 41.3 Å². The fourth-order valence-corrected chi connectivity index (χ4v) is 3.26. The minimum Gasteiger partial charge on any atom is -0.389 e. The molecule has 0 bridgehead atoms. The Balaban J connectivity index is 2.14. The Kier molecular flexibility index (Phi) is 5.07. The van der Waals surface area contributed by atoms with Crippen LogP contribution in [0.4, 0.5) is 5.69 Å². The van der Waals surface area contributed by atoms with Gasteiger partial charge in [0.05, 0.1) is 6.10 Å². The van der Waals surface area contributed by atoms with Gasteiger partial charge < -0.3 is 10.0 Å². The zero-order valence-electron chi connectivity index (χ0n) is 11.0. The van der Waals surface area contributed by atoms with E-state index in [1.807, 2.05) is 6.07 Å². The number of aliphatic hydroxyl groups excluding tert-OH is 1. The topological polar surface area (TPSA) is 23.5 Å². The number of hydrogen-bond acceptors (Lipinski definition) is 2. The third-order valence-electron chi connectivity index (χ3n) is 3.66. The molecule has 0 amide bonds. The molecule has 0 radical (unpaired) electrons. The first-order valence-electron chi connectivity index (χ1n) is 6.91. The van der Waals surface area contributed by atoms with Crippen molar-refractivity contribution in [2.45, 2.75) is 45.1 Å². The Morgan fingerprint density at radius 1 is 1.11 bits per heavy atom. The molecule has 0 unspecified atom stereocenters. The molecule has 1 aliphatic rings. The van der Waals surface area contributed by atoms with E-state index in [0.29, 0.717) is 0 Å². The maximum absolute atomic E-state index is 9.64. The first-order chi connectivity index (χ1) is 8.68. The molecule has 100 valence electrons. The highest BCUT2D eigenvalue weighted by atomic mass is 79.9. The third kappa shape index (κ3) is 3.48. The van der Waals surface area contributed by atoms with E-state index in [9.17, 15) is 5.11 Å². The molecule has 0 spiro atoms. The van der Waals surface area contributed by atoms with Gasteiger partial charge in [0, 0.05) is 23.2 Å². The highest BCUT2D eigenvalue weighted by Gasteiger charge is 2.12. The zero-order chi connectivity index (χ0) is 13.0. The normalized spacial score (nSPS) is 19.2. The number of hydrogen-bond donors (Lipinski definition) is 1. The highest BCUT2D eigenvalue weighted by molar-refractivity contribution is 9.10. The highest BCUT2D eigenvalue weighted by Crippen LogP contribution is 2.29. The van der Waals surface area contributed by atoms with Gasteiger partial charge in [-0.05, 0) is 37.5 Å². The van der Waals surface area contributed by atoms with Gasteiger partial charge in [0.1, 0.15) is 0 Å². The lowest BCUT2D eigenvalue weighted by molar-refractivity contribution is 0.198. The van der Waals surface area contributed by atoms with Gasteiger partial charge in [-0.3, -0.25) is 0 Å². The molecular formula is C15H22BrNO. The largest absolute Gasteiger partial charge is 0.389 e. The summed E-state index contributed by atoms with van der Waals surface area (Å²) in [7, 11) is 0. The minimum absolute atomic E-state index is 0.416. The molecule has 1 heterocycles. The molecule has 3 heteroatoms. The summed E-state index contributed by atoms with van der Waals surface area (Å²) in [5.41, 5.74) is 2.24. The van der Waals surface area contributed by atoms with E-state index >= 15 is 0 Å². The van der Waals surface area contributed by atoms with E-state index in [1.165, 1.54) is 37.8 Å². The van der Waals surface area contributed by atoms with Gasteiger partial charge in [0.15, 0.2) is 0 Å². The molecular weight excluding hydrogens is 290 g/mol. The molecule has 0 aliphatic carbocycles. The Morgan fingerprint density at radius 2 is 1.72 bits per heavy atom. The lowest BCUT2D eigenvalue weighted by Crippen LogP contribution is -2.26. The van der Waals surface area contributed by atoms with Crippen LogP contribution in [-0.4, -0.2) is 18.2 Å². The smallest absolute Gasteiger partial charge is 0.0772 e. The van der Waals surface area contributed by atoms with Crippen LogP contribution in [0.15, 0.2) is 22.7 Å². The SMILES string of the molecule is C[C@H](O)c1ccc(N2CCCCCCC2)cc1Br. The fourth-order valence-electron chi connectivity index (χ4n) is 2.56. The van der Waals surface area contributed by atoms with E-state index in [0.717, 1.165) is 23.1 Å². The van der Waals surface area contributed by atoms with Gasteiger partial charge in [-0.2, -0.15) is 0 Å². The van der Waals surface area contributed by atoms with Crippen LogP contribution in [0.2, 0.25) is 0 Å². The maximum atomic E-state index is 9.64.